The molecule has 1 N–H and O–H groups in total. The van der Waals surface area contributed by atoms with Gasteiger partial charge < -0.3 is 0 Å². The van der Waals surface area contributed by atoms with Crippen molar-refractivity contribution < 1.29 is 8.42 Å². The number of nitrogens with one attached hydrogen (secondary N) is 1. The SMILES string of the molecule is O=S(=O)(NCC1(CCl)CCCCC1)c1cc(Cl)c(Br)s1. The van der Waals surface area contributed by atoms with Crippen molar-refractivity contribution >= 4 is 60.5 Å². The van der Waals surface area contributed by atoms with Gasteiger partial charge in [0.25, 0.3) is 0 Å². The second-order valence-electron chi connectivity index (χ2n) is 5.21. The Bertz CT molecular complexity index is 549. The van der Waals surface area contributed by atoms with Gasteiger partial charge in [0, 0.05) is 12.4 Å². The number of sulfonamides is 1. The zero-order valence-electron chi connectivity index (χ0n) is 10.8. The van der Waals surface area contributed by atoms with Crippen LogP contribution in [0.5, 0.6) is 0 Å². The van der Waals surface area contributed by atoms with E-state index in [9.17, 15) is 8.42 Å². The molecule has 0 amide bonds. The minimum Gasteiger partial charge on any atom is -0.210 e. The Balaban J connectivity index is 2.08. The first-order valence-corrected chi connectivity index (χ1v) is 10.4. The highest BCUT2D eigenvalue weighted by molar-refractivity contribution is 9.11. The maximum absolute atomic E-state index is 12.3. The Morgan fingerprint density at radius 1 is 1.35 bits per heavy atom. The summed E-state index contributed by atoms with van der Waals surface area (Å²) in [5.41, 5.74) is -0.106. The average Bonchev–Trinajstić information content (AvgIpc) is 2.79. The molecule has 8 heteroatoms. The van der Waals surface area contributed by atoms with Gasteiger partial charge >= 0.3 is 0 Å². The van der Waals surface area contributed by atoms with Crippen LogP contribution in [0.1, 0.15) is 32.1 Å². The summed E-state index contributed by atoms with van der Waals surface area (Å²) in [6, 6.07) is 1.47. The number of hydrogen-bond donors (Lipinski definition) is 1. The summed E-state index contributed by atoms with van der Waals surface area (Å²) in [6.45, 7) is 0.395. The van der Waals surface area contributed by atoms with Crippen LogP contribution in [-0.4, -0.2) is 20.8 Å². The fraction of sp³-hybridized carbons (Fsp3) is 0.667. The summed E-state index contributed by atoms with van der Waals surface area (Å²) < 4.78 is 28.1. The number of hydrogen-bond acceptors (Lipinski definition) is 3. The van der Waals surface area contributed by atoms with Crippen molar-refractivity contribution in [1.82, 2.24) is 4.72 Å². The molecule has 0 spiro atoms. The second kappa shape index (κ2) is 6.84. The quantitative estimate of drug-likeness (QED) is 0.705. The Hall–Kier alpha value is 0.670. The van der Waals surface area contributed by atoms with Gasteiger partial charge in [-0.05, 0) is 40.3 Å². The third-order valence-electron chi connectivity index (χ3n) is 3.72. The summed E-state index contributed by atoms with van der Waals surface area (Å²) >= 11 is 16.3. The van der Waals surface area contributed by atoms with Gasteiger partial charge in [-0.3, -0.25) is 0 Å². The maximum atomic E-state index is 12.3. The van der Waals surface area contributed by atoms with Gasteiger partial charge in [0.2, 0.25) is 10.0 Å². The molecule has 1 heterocycles. The third-order valence-corrected chi connectivity index (χ3v) is 8.64. The van der Waals surface area contributed by atoms with Gasteiger partial charge in [0.1, 0.15) is 4.21 Å². The predicted octanol–water partition coefficient (Wildman–Crippen LogP) is 4.63. The molecule has 0 bridgehead atoms. The average molecular weight is 421 g/mol. The molecule has 1 aliphatic carbocycles. The van der Waals surface area contributed by atoms with Crippen LogP contribution in [-0.2, 0) is 10.0 Å². The molecule has 1 fully saturated rings. The smallest absolute Gasteiger partial charge is 0.210 e. The lowest BCUT2D eigenvalue weighted by molar-refractivity contribution is 0.224. The van der Waals surface area contributed by atoms with Gasteiger partial charge in [-0.15, -0.1) is 22.9 Å². The summed E-state index contributed by atoms with van der Waals surface area (Å²) in [5.74, 6) is 0.490. The molecule has 20 heavy (non-hydrogen) atoms. The molecule has 0 radical (unpaired) electrons. The molecule has 0 aliphatic heterocycles. The highest BCUT2D eigenvalue weighted by Crippen LogP contribution is 2.38. The monoisotopic (exact) mass is 419 g/mol. The number of rotatable bonds is 5. The first kappa shape index (κ1) is 17.0. The molecule has 0 saturated heterocycles. The fourth-order valence-corrected chi connectivity index (χ4v) is 6.40. The summed E-state index contributed by atoms with van der Waals surface area (Å²) in [5, 5.41) is 0.417. The zero-order chi connectivity index (χ0) is 14.8. The minimum absolute atomic E-state index is 0.106. The predicted molar refractivity (Wildman–Crippen MR) is 88.5 cm³/mol. The second-order valence-corrected chi connectivity index (χ2v) is 10.2. The Labute approximate surface area is 142 Å². The molecule has 2 rings (SSSR count). The van der Waals surface area contributed by atoms with Crippen LogP contribution < -0.4 is 4.72 Å². The van der Waals surface area contributed by atoms with Crippen LogP contribution in [0.25, 0.3) is 0 Å². The molecule has 0 unspecified atom stereocenters. The fourth-order valence-electron chi connectivity index (χ4n) is 2.44. The van der Waals surface area contributed by atoms with Crippen molar-refractivity contribution in [3.8, 4) is 0 Å². The largest absolute Gasteiger partial charge is 0.250 e. The van der Waals surface area contributed by atoms with Gasteiger partial charge in [-0.1, -0.05) is 30.9 Å². The highest BCUT2D eigenvalue weighted by Gasteiger charge is 2.33. The van der Waals surface area contributed by atoms with E-state index < -0.39 is 10.0 Å². The molecule has 1 saturated carbocycles. The first-order valence-electron chi connectivity index (χ1n) is 6.39. The van der Waals surface area contributed by atoms with Crippen molar-refractivity contribution in [1.29, 1.82) is 0 Å². The summed E-state index contributed by atoms with van der Waals surface area (Å²) in [4.78, 5) is 0. The lowest BCUT2D eigenvalue weighted by Crippen LogP contribution is -2.40. The lowest BCUT2D eigenvalue weighted by Gasteiger charge is -2.35. The molecule has 1 aromatic rings. The van der Waals surface area contributed by atoms with Crippen molar-refractivity contribution in [2.75, 3.05) is 12.4 Å². The van der Waals surface area contributed by atoms with Crippen molar-refractivity contribution in [3.05, 3.63) is 14.9 Å². The summed E-state index contributed by atoms with van der Waals surface area (Å²) in [6.07, 6.45) is 5.40. The molecule has 0 atom stereocenters. The Kier molecular flexibility index (Phi) is 5.82. The van der Waals surface area contributed by atoms with E-state index in [4.69, 9.17) is 23.2 Å². The summed E-state index contributed by atoms with van der Waals surface area (Å²) in [7, 11) is -3.51. The Morgan fingerprint density at radius 3 is 2.50 bits per heavy atom. The molecular weight excluding hydrogens is 405 g/mol. The van der Waals surface area contributed by atoms with E-state index in [0.717, 1.165) is 37.0 Å². The van der Waals surface area contributed by atoms with Crippen LogP contribution >= 0.6 is 50.5 Å². The standard InChI is InChI=1S/C12H16BrCl2NO2S2/c13-11-9(15)6-10(19-11)20(17,18)16-8-12(7-14)4-2-1-3-5-12/h6,16H,1-5,7-8H2. The van der Waals surface area contributed by atoms with E-state index in [0.29, 0.717) is 21.2 Å². The van der Waals surface area contributed by atoms with Gasteiger partial charge in [0.15, 0.2) is 0 Å². The van der Waals surface area contributed by atoms with Crippen molar-refractivity contribution in [2.45, 2.75) is 36.3 Å². The van der Waals surface area contributed by atoms with Crippen molar-refractivity contribution in [3.63, 3.8) is 0 Å². The molecule has 1 aromatic heterocycles. The maximum Gasteiger partial charge on any atom is 0.250 e. The van der Waals surface area contributed by atoms with E-state index in [1.807, 2.05) is 0 Å². The van der Waals surface area contributed by atoms with E-state index in [1.54, 1.807) is 0 Å². The zero-order valence-corrected chi connectivity index (χ0v) is 15.5. The number of alkyl halides is 1. The minimum atomic E-state index is -3.51. The molecular formula is C12H16BrCl2NO2S2. The van der Waals surface area contributed by atoms with E-state index in [1.165, 1.54) is 12.5 Å². The van der Waals surface area contributed by atoms with Gasteiger partial charge in [-0.25, -0.2) is 13.1 Å². The van der Waals surface area contributed by atoms with Crippen LogP contribution in [0, 0.1) is 5.41 Å². The highest BCUT2D eigenvalue weighted by atomic mass is 79.9. The van der Waals surface area contributed by atoms with Gasteiger partial charge in [-0.2, -0.15) is 0 Å². The first-order chi connectivity index (χ1) is 9.38. The lowest BCUT2D eigenvalue weighted by atomic mass is 9.76. The van der Waals surface area contributed by atoms with Crippen LogP contribution in [0.3, 0.4) is 0 Å². The Morgan fingerprint density at radius 2 is 2.00 bits per heavy atom. The van der Waals surface area contributed by atoms with E-state index in [-0.39, 0.29) is 9.62 Å². The van der Waals surface area contributed by atoms with Gasteiger partial charge in [0.05, 0.1) is 8.81 Å². The van der Waals surface area contributed by atoms with Crippen LogP contribution in [0.4, 0.5) is 0 Å². The van der Waals surface area contributed by atoms with Crippen LogP contribution in [0.2, 0.25) is 5.02 Å². The van der Waals surface area contributed by atoms with E-state index >= 15 is 0 Å². The molecule has 1 aliphatic rings. The molecule has 0 aromatic carbocycles. The molecule has 114 valence electrons. The number of halogens is 3. The normalized spacial score (nSPS) is 19.1. The van der Waals surface area contributed by atoms with E-state index in [2.05, 4.69) is 20.7 Å². The number of thiophene rings is 1. The topological polar surface area (TPSA) is 46.2 Å². The third kappa shape index (κ3) is 3.90. The van der Waals surface area contributed by atoms with Crippen molar-refractivity contribution in [2.24, 2.45) is 5.41 Å². The van der Waals surface area contributed by atoms with Crippen LogP contribution in [0.15, 0.2) is 14.1 Å². The molecule has 3 nitrogen and oxygen atoms in total.